The van der Waals surface area contributed by atoms with Crippen LogP contribution >= 0.6 is 0 Å². The highest BCUT2D eigenvalue weighted by molar-refractivity contribution is 5.99. The Morgan fingerprint density at radius 3 is 2.72 bits per heavy atom. The van der Waals surface area contributed by atoms with Crippen molar-refractivity contribution in [2.75, 3.05) is 17.2 Å². The second-order valence-electron chi connectivity index (χ2n) is 4.33. The molecule has 0 aliphatic carbocycles. The van der Waals surface area contributed by atoms with Gasteiger partial charge in [-0.2, -0.15) is 0 Å². The summed E-state index contributed by atoms with van der Waals surface area (Å²) in [7, 11) is 0. The van der Waals surface area contributed by atoms with E-state index in [1.165, 1.54) is 4.90 Å². The number of carbonyl (C=O) groups excluding carboxylic acids is 1. The molecule has 6 heteroatoms. The van der Waals surface area contributed by atoms with Crippen LogP contribution in [0.3, 0.4) is 0 Å². The monoisotopic (exact) mass is 250 g/mol. The average Bonchev–Trinajstić information content (AvgIpc) is 2.70. The zero-order valence-corrected chi connectivity index (χ0v) is 9.67. The molecule has 0 saturated carbocycles. The summed E-state index contributed by atoms with van der Waals surface area (Å²) in [6.45, 7) is -0.0368. The van der Waals surface area contributed by atoms with E-state index in [0.717, 1.165) is 0 Å². The number of hydrogen-bond acceptors (Lipinski definition) is 4. The molecule has 1 fully saturated rings. The third-order valence-electron chi connectivity index (χ3n) is 2.97. The predicted octanol–water partition coefficient (Wildman–Crippen LogP) is 0.199. The van der Waals surface area contributed by atoms with Crippen molar-refractivity contribution in [3.05, 3.63) is 23.8 Å². The van der Waals surface area contributed by atoms with E-state index in [2.05, 4.69) is 0 Å². The molecule has 1 saturated heterocycles. The molecule has 1 aliphatic rings. The fraction of sp³-hybridized carbons (Fsp3) is 0.333. The lowest BCUT2D eigenvalue weighted by Crippen LogP contribution is -2.26. The Labute approximate surface area is 104 Å². The largest absolute Gasteiger partial charge is 0.481 e. The number of anilines is 2. The zero-order chi connectivity index (χ0) is 13.3. The predicted molar refractivity (Wildman–Crippen MR) is 64.9 cm³/mol. The molecule has 0 aromatic heterocycles. The fourth-order valence-electron chi connectivity index (χ4n) is 2.07. The zero-order valence-electron chi connectivity index (χ0n) is 9.67. The van der Waals surface area contributed by atoms with Crippen molar-refractivity contribution in [2.24, 2.45) is 5.92 Å². The minimum atomic E-state index is -0.975. The number of aliphatic carboxylic acids is 1. The lowest BCUT2D eigenvalue weighted by atomic mass is 10.1. The Balaban J connectivity index is 2.29. The number of rotatable bonds is 3. The fourth-order valence-corrected chi connectivity index (χ4v) is 2.07. The Morgan fingerprint density at radius 1 is 1.44 bits per heavy atom. The summed E-state index contributed by atoms with van der Waals surface area (Å²) in [6.07, 6.45) is -0.00140. The maximum atomic E-state index is 11.8. The lowest BCUT2D eigenvalue weighted by molar-refractivity contribution is -0.141. The topological polar surface area (TPSA) is 104 Å². The molecular weight excluding hydrogens is 236 g/mol. The molecule has 1 aliphatic heterocycles. The van der Waals surface area contributed by atoms with Crippen LogP contribution in [0.5, 0.6) is 0 Å². The van der Waals surface area contributed by atoms with Crippen molar-refractivity contribution >= 4 is 23.3 Å². The second kappa shape index (κ2) is 4.66. The molecule has 0 radical (unpaired) electrons. The van der Waals surface area contributed by atoms with E-state index < -0.39 is 11.9 Å². The number of aliphatic hydroxyl groups excluding tert-OH is 1. The highest BCUT2D eigenvalue weighted by Crippen LogP contribution is 2.28. The number of nitrogens with zero attached hydrogens (tertiary/aromatic N) is 1. The van der Waals surface area contributed by atoms with E-state index in [9.17, 15) is 9.59 Å². The van der Waals surface area contributed by atoms with E-state index in [1.54, 1.807) is 18.2 Å². The van der Waals surface area contributed by atoms with Crippen LogP contribution in [0.15, 0.2) is 18.2 Å². The van der Waals surface area contributed by atoms with Crippen molar-refractivity contribution in [1.29, 1.82) is 0 Å². The Kier molecular flexibility index (Phi) is 3.20. The average molecular weight is 250 g/mol. The number of hydrogen-bond donors (Lipinski definition) is 3. The quantitative estimate of drug-likeness (QED) is 0.665. The minimum absolute atomic E-state index is 0.00140. The second-order valence-corrected chi connectivity index (χ2v) is 4.33. The maximum absolute atomic E-state index is 11.8. The summed E-state index contributed by atoms with van der Waals surface area (Å²) in [4.78, 5) is 24.0. The molecule has 0 spiro atoms. The maximum Gasteiger partial charge on any atom is 0.308 e. The molecular formula is C12H14N2O4. The van der Waals surface area contributed by atoms with Crippen molar-refractivity contribution in [3.63, 3.8) is 0 Å². The van der Waals surface area contributed by atoms with Gasteiger partial charge in [-0.25, -0.2) is 0 Å². The summed E-state index contributed by atoms with van der Waals surface area (Å²) in [5, 5.41) is 18.0. The lowest BCUT2D eigenvalue weighted by Gasteiger charge is -2.17. The van der Waals surface area contributed by atoms with Crippen LogP contribution in [0, 0.1) is 5.92 Å². The summed E-state index contributed by atoms with van der Waals surface area (Å²) >= 11 is 0. The van der Waals surface area contributed by atoms with E-state index in [-0.39, 0.29) is 25.5 Å². The van der Waals surface area contributed by atoms with Gasteiger partial charge in [0.25, 0.3) is 0 Å². The highest BCUT2D eigenvalue weighted by Gasteiger charge is 2.35. The number of benzene rings is 1. The van der Waals surface area contributed by atoms with Gasteiger partial charge in [-0.1, -0.05) is 0 Å². The SMILES string of the molecule is Nc1cc(CO)cc(N2CC(C(=O)O)CC2=O)c1. The summed E-state index contributed by atoms with van der Waals surface area (Å²) in [6, 6.07) is 4.85. The molecule has 96 valence electrons. The van der Waals surface area contributed by atoms with Gasteiger partial charge in [0.1, 0.15) is 0 Å². The van der Waals surface area contributed by atoms with Crippen LogP contribution in [0.25, 0.3) is 0 Å². The Morgan fingerprint density at radius 2 is 2.17 bits per heavy atom. The first-order valence-corrected chi connectivity index (χ1v) is 5.54. The van der Waals surface area contributed by atoms with Gasteiger partial charge in [-0.15, -0.1) is 0 Å². The third-order valence-corrected chi connectivity index (χ3v) is 2.97. The smallest absolute Gasteiger partial charge is 0.308 e. The van der Waals surface area contributed by atoms with Crippen LogP contribution in [-0.2, 0) is 16.2 Å². The Hall–Kier alpha value is -2.08. The van der Waals surface area contributed by atoms with Gasteiger partial charge >= 0.3 is 5.97 Å². The Bertz CT molecular complexity index is 501. The molecule has 1 aromatic rings. The first-order chi connectivity index (χ1) is 8.51. The molecule has 2 rings (SSSR count). The van der Waals surface area contributed by atoms with E-state index in [1.807, 2.05) is 0 Å². The van der Waals surface area contributed by atoms with Gasteiger partial charge in [-0.3, -0.25) is 9.59 Å². The van der Waals surface area contributed by atoms with Crippen LogP contribution in [0.1, 0.15) is 12.0 Å². The van der Waals surface area contributed by atoms with Crippen LogP contribution in [0.4, 0.5) is 11.4 Å². The van der Waals surface area contributed by atoms with Gasteiger partial charge in [0.05, 0.1) is 12.5 Å². The normalized spacial score (nSPS) is 19.3. The molecule has 1 atom stereocenters. The molecule has 6 nitrogen and oxygen atoms in total. The van der Waals surface area contributed by atoms with Gasteiger partial charge in [0.15, 0.2) is 0 Å². The number of carboxylic acid groups (broad SMARTS) is 1. The van der Waals surface area contributed by atoms with Gasteiger partial charge in [-0.05, 0) is 23.8 Å². The molecule has 1 amide bonds. The minimum Gasteiger partial charge on any atom is -0.481 e. The first-order valence-electron chi connectivity index (χ1n) is 5.54. The number of carbonyl (C=O) groups is 2. The summed E-state index contributed by atoms with van der Waals surface area (Å²) < 4.78 is 0. The molecule has 18 heavy (non-hydrogen) atoms. The molecule has 1 heterocycles. The standard InChI is InChI=1S/C12H14N2O4/c13-9-1-7(6-15)2-10(4-9)14-5-8(12(17)18)3-11(14)16/h1-2,4,8,15H,3,5-6,13H2,(H,17,18). The summed E-state index contributed by atoms with van der Waals surface area (Å²) in [5.41, 5.74) is 7.24. The number of aliphatic hydroxyl groups is 1. The number of nitrogens with two attached hydrogens (primary N) is 1. The van der Waals surface area contributed by atoms with Gasteiger partial charge in [0, 0.05) is 24.3 Å². The van der Waals surface area contributed by atoms with E-state index in [4.69, 9.17) is 15.9 Å². The first kappa shape index (κ1) is 12.4. The van der Waals surface area contributed by atoms with Crippen LogP contribution in [0.2, 0.25) is 0 Å². The molecule has 1 aromatic carbocycles. The number of nitrogen functional groups attached to an aromatic ring is 1. The highest BCUT2D eigenvalue weighted by atomic mass is 16.4. The van der Waals surface area contributed by atoms with Crippen molar-refractivity contribution in [3.8, 4) is 0 Å². The summed E-state index contributed by atoms with van der Waals surface area (Å²) in [5.74, 6) is -1.90. The van der Waals surface area contributed by atoms with E-state index in [0.29, 0.717) is 16.9 Å². The molecule has 0 bridgehead atoms. The van der Waals surface area contributed by atoms with Crippen molar-refractivity contribution < 1.29 is 19.8 Å². The van der Waals surface area contributed by atoms with Crippen LogP contribution < -0.4 is 10.6 Å². The van der Waals surface area contributed by atoms with Crippen molar-refractivity contribution in [2.45, 2.75) is 13.0 Å². The molecule has 1 unspecified atom stereocenters. The third kappa shape index (κ3) is 2.28. The van der Waals surface area contributed by atoms with Gasteiger partial charge in [0.2, 0.25) is 5.91 Å². The number of amides is 1. The molecule has 4 N–H and O–H groups in total. The van der Waals surface area contributed by atoms with Gasteiger partial charge < -0.3 is 20.8 Å². The van der Waals surface area contributed by atoms with Crippen LogP contribution in [-0.4, -0.2) is 28.6 Å². The van der Waals surface area contributed by atoms with E-state index >= 15 is 0 Å². The van der Waals surface area contributed by atoms with Crippen molar-refractivity contribution in [1.82, 2.24) is 0 Å². The number of carboxylic acids is 1.